The number of alkyl halides is 6. The van der Waals surface area contributed by atoms with Crippen LogP contribution in [0.4, 0.5) is 26.3 Å². The number of carboxylic acid groups (broad SMARTS) is 2. The third-order valence-electron chi connectivity index (χ3n) is 0.463. The minimum atomic E-state index is -5.19. The van der Waals surface area contributed by atoms with Crippen molar-refractivity contribution in [2.24, 2.45) is 0 Å². The summed E-state index contributed by atoms with van der Waals surface area (Å²) in [7, 11) is 0. The zero-order valence-corrected chi connectivity index (χ0v) is 9.32. The van der Waals surface area contributed by atoms with Crippen LogP contribution in [0.15, 0.2) is 0 Å². The van der Waals surface area contributed by atoms with Gasteiger partial charge in [-0.05, 0) is 0 Å². The van der Waals surface area contributed by atoms with Gasteiger partial charge in [0.1, 0.15) is 11.9 Å². The van der Waals surface area contributed by atoms with Crippen LogP contribution in [0.5, 0.6) is 0 Å². The summed E-state index contributed by atoms with van der Waals surface area (Å²) in [6, 6.07) is 0. The van der Waals surface area contributed by atoms with Gasteiger partial charge in [-0.1, -0.05) is 0 Å². The Hall–Kier alpha value is -0.260. The monoisotopic (exact) mass is 284 g/mol. The summed E-state index contributed by atoms with van der Waals surface area (Å²) in [6.07, 6.45) is -10.4. The average Bonchev–Trinajstić information content (AvgIpc) is 1.83. The molecule has 0 unspecified atom stereocenters. The normalized spacial score (nSPS) is 9.88. The van der Waals surface area contributed by atoms with E-state index >= 15 is 0 Å². The Labute approximate surface area is 113 Å². The fourth-order valence-electron chi connectivity index (χ4n) is 0. The second-order valence-corrected chi connectivity index (χ2v) is 1.57. The Morgan fingerprint density at radius 2 is 0.812 bits per heavy atom. The van der Waals surface area contributed by atoms with Crippen molar-refractivity contribution in [3.05, 3.63) is 0 Å². The second kappa shape index (κ2) is 8.84. The van der Waals surface area contributed by atoms with Gasteiger partial charge in [0.05, 0.1) is 0 Å². The molecular formula is C4H2CaF6O5. The number of rotatable bonds is 0. The van der Waals surface area contributed by atoms with Crippen molar-refractivity contribution in [3.8, 4) is 0 Å². The Morgan fingerprint density at radius 3 is 0.812 bits per heavy atom. The van der Waals surface area contributed by atoms with Crippen molar-refractivity contribution in [2.75, 3.05) is 0 Å². The molecule has 92 valence electrons. The summed E-state index contributed by atoms with van der Waals surface area (Å²) in [5.74, 6) is -6.01. The molecule has 0 saturated carbocycles. The minimum Gasteiger partial charge on any atom is -0.542 e. The van der Waals surface area contributed by atoms with Gasteiger partial charge in [0, 0.05) is 0 Å². The van der Waals surface area contributed by atoms with Gasteiger partial charge in [0.2, 0.25) is 0 Å². The quantitative estimate of drug-likeness (QED) is 0.358. The van der Waals surface area contributed by atoms with Crippen LogP contribution in [0, 0.1) is 0 Å². The van der Waals surface area contributed by atoms with Crippen molar-refractivity contribution >= 4 is 49.7 Å². The second-order valence-electron chi connectivity index (χ2n) is 1.57. The Morgan fingerprint density at radius 1 is 0.750 bits per heavy atom. The molecule has 0 aromatic heterocycles. The number of hydrogen-bond donors (Lipinski definition) is 0. The molecule has 0 rings (SSSR count). The summed E-state index contributed by atoms with van der Waals surface area (Å²) in [5.41, 5.74) is 0. The molecule has 0 bridgehead atoms. The minimum absolute atomic E-state index is 0. The Balaban J connectivity index is -0.0000000800. The van der Waals surface area contributed by atoms with Crippen LogP contribution in [0.1, 0.15) is 0 Å². The number of carbonyl (C=O) groups is 2. The third kappa shape index (κ3) is 16.2. The van der Waals surface area contributed by atoms with Crippen LogP contribution in [0.2, 0.25) is 0 Å². The van der Waals surface area contributed by atoms with Gasteiger partial charge in [-0.3, -0.25) is 0 Å². The van der Waals surface area contributed by atoms with Crippen molar-refractivity contribution in [2.45, 2.75) is 12.4 Å². The molecule has 0 spiro atoms. The summed E-state index contributed by atoms with van der Waals surface area (Å²) >= 11 is 0. The van der Waals surface area contributed by atoms with Crippen LogP contribution >= 0.6 is 0 Å². The molecule has 0 aliphatic rings. The van der Waals surface area contributed by atoms with E-state index in [4.69, 9.17) is 19.8 Å². The molecule has 5 nitrogen and oxygen atoms in total. The van der Waals surface area contributed by atoms with E-state index in [1.54, 1.807) is 0 Å². The molecule has 0 aliphatic carbocycles. The maximum absolute atomic E-state index is 10.5. The molecule has 0 heterocycles. The molecule has 0 aromatic rings. The van der Waals surface area contributed by atoms with Gasteiger partial charge < -0.3 is 25.3 Å². The summed E-state index contributed by atoms with van der Waals surface area (Å²) in [5, 5.41) is 17.6. The van der Waals surface area contributed by atoms with E-state index in [2.05, 4.69) is 0 Å². The average molecular weight is 284 g/mol. The van der Waals surface area contributed by atoms with E-state index in [0.29, 0.717) is 0 Å². The molecule has 0 aromatic carbocycles. The SMILES string of the molecule is O.O=C([O-])C(F)(F)F.O=C([O-])C(F)(F)F.[Ca+2]. The standard InChI is InChI=1S/2C2HF3O2.Ca.H2O/c2*3-2(4,5)1(6)7;;/h2*(H,6,7);;1H2/q;;+2;/p-2. The van der Waals surface area contributed by atoms with Crippen molar-refractivity contribution in [1.29, 1.82) is 0 Å². The van der Waals surface area contributed by atoms with E-state index in [0.717, 1.165) is 0 Å². The van der Waals surface area contributed by atoms with E-state index in [9.17, 15) is 26.3 Å². The number of aliphatic carboxylic acids is 2. The summed E-state index contributed by atoms with van der Waals surface area (Å²) < 4.78 is 63.1. The topological polar surface area (TPSA) is 112 Å². The number of carbonyl (C=O) groups excluding carboxylic acids is 2. The van der Waals surface area contributed by atoms with Gasteiger partial charge in [-0.15, -0.1) is 0 Å². The first kappa shape index (κ1) is 24.8. The maximum atomic E-state index is 10.5. The van der Waals surface area contributed by atoms with Gasteiger partial charge in [0.25, 0.3) is 0 Å². The predicted octanol–water partition coefficient (Wildman–Crippen LogP) is -2.61. The molecule has 0 atom stereocenters. The van der Waals surface area contributed by atoms with Crippen molar-refractivity contribution in [1.82, 2.24) is 0 Å². The fraction of sp³-hybridized carbons (Fsp3) is 0.500. The van der Waals surface area contributed by atoms with Gasteiger partial charge in [-0.2, -0.15) is 26.3 Å². The number of carboxylic acids is 2. The summed E-state index contributed by atoms with van der Waals surface area (Å²) in [6.45, 7) is 0. The predicted molar refractivity (Wildman–Crippen MR) is 31.5 cm³/mol. The van der Waals surface area contributed by atoms with E-state index < -0.39 is 24.3 Å². The van der Waals surface area contributed by atoms with E-state index in [1.807, 2.05) is 0 Å². The molecule has 0 radical (unpaired) electrons. The van der Waals surface area contributed by atoms with E-state index in [1.165, 1.54) is 0 Å². The Bertz CT molecular complexity index is 198. The fourth-order valence-corrected chi connectivity index (χ4v) is 0. The van der Waals surface area contributed by atoms with Gasteiger partial charge in [-0.25, -0.2) is 0 Å². The largest absolute Gasteiger partial charge is 2.00 e. The molecule has 12 heteroatoms. The first-order valence-corrected chi connectivity index (χ1v) is 2.45. The smallest absolute Gasteiger partial charge is 0.542 e. The summed E-state index contributed by atoms with van der Waals surface area (Å²) in [4.78, 5) is 17.6. The van der Waals surface area contributed by atoms with Crippen LogP contribution < -0.4 is 10.2 Å². The van der Waals surface area contributed by atoms with E-state index in [-0.39, 0.29) is 43.2 Å². The molecule has 2 N–H and O–H groups in total. The van der Waals surface area contributed by atoms with Gasteiger partial charge in [0.15, 0.2) is 0 Å². The van der Waals surface area contributed by atoms with Crippen LogP contribution in [-0.2, 0) is 9.59 Å². The third-order valence-corrected chi connectivity index (χ3v) is 0.463. The maximum Gasteiger partial charge on any atom is 2.00 e. The van der Waals surface area contributed by atoms with Gasteiger partial charge >= 0.3 is 50.1 Å². The van der Waals surface area contributed by atoms with Crippen LogP contribution in [0.3, 0.4) is 0 Å². The molecule has 16 heavy (non-hydrogen) atoms. The number of halogens is 6. The van der Waals surface area contributed by atoms with Crippen molar-refractivity contribution < 1.29 is 51.6 Å². The Kier molecular flexibility index (Phi) is 13.7. The van der Waals surface area contributed by atoms with Crippen LogP contribution in [0.25, 0.3) is 0 Å². The van der Waals surface area contributed by atoms with Crippen molar-refractivity contribution in [3.63, 3.8) is 0 Å². The molecule has 0 aliphatic heterocycles. The zero-order chi connectivity index (χ0) is 12.2. The first-order chi connectivity index (χ1) is 5.89. The zero-order valence-electron chi connectivity index (χ0n) is 7.11. The molecule has 0 fully saturated rings. The molecule has 0 saturated heterocycles. The van der Waals surface area contributed by atoms with Crippen LogP contribution in [-0.4, -0.2) is 67.5 Å². The first-order valence-electron chi connectivity index (χ1n) is 2.45. The number of hydrogen-bond acceptors (Lipinski definition) is 4. The molecule has 0 amide bonds. The molecular weight excluding hydrogens is 282 g/mol.